The van der Waals surface area contributed by atoms with Crippen LogP contribution in [0, 0.1) is 6.92 Å². The maximum atomic E-state index is 13.7. The number of methoxy groups -OCH3 is 1. The van der Waals surface area contributed by atoms with Crippen LogP contribution in [0.25, 0.3) is 10.9 Å². The van der Waals surface area contributed by atoms with Crippen molar-refractivity contribution in [3.05, 3.63) is 95.1 Å². The number of nitrogens with one attached hydrogen (secondary N) is 1. The van der Waals surface area contributed by atoms with Gasteiger partial charge in [0.05, 0.1) is 19.7 Å². The Labute approximate surface area is 180 Å². The first-order chi connectivity index (χ1) is 15.0. The van der Waals surface area contributed by atoms with Gasteiger partial charge in [0.25, 0.3) is 0 Å². The Kier molecular flexibility index (Phi) is 5.73. The van der Waals surface area contributed by atoms with Crippen molar-refractivity contribution in [1.29, 1.82) is 0 Å². The van der Waals surface area contributed by atoms with Crippen LogP contribution in [0.5, 0.6) is 0 Å². The lowest BCUT2D eigenvalue weighted by molar-refractivity contribution is 0.0598. The molecule has 0 fully saturated rings. The molecule has 0 aliphatic heterocycles. The fraction of sp³-hybridized carbons (Fsp3) is 0.200. The van der Waals surface area contributed by atoms with Crippen molar-refractivity contribution in [2.24, 2.45) is 0 Å². The second-order valence-electron chi connectivity index (χ2n) is 7.51. The van der Waals surface area contributed by atoms with Crippen LogP contribution in [0.3, 0.4) is 0 Å². The molecule has 6 nitrogen and oxygen atoms in total. The highest BCUT2D eigenvalue weighted by molar-refractivity contribution is 6.10. The summed E-state index contributed by atoms with van der Waals surface area (Å²) in [4.78, 5) is 30.7. The number of likely N-dealkylation sites (N-methyl/N-ethyl adjacent to an activating group) is 1. The molecular formula is C25H24N2O4. The number of carbonyl (C=O) groups is 2. The SMILES string of the molecule is COC(=O)c1cc(CN(C)C(C(=O)c2c[nH]c3ccccc23)c2ccccc2)oc1C. The van der Waals surface area contributed by atoms with E-state index in [-0.39, 0.29) is 5.78 Å². The lowest BCUT2D eigenvalue weighted by atomic mass is 9.95. The number of H-pyrrole nitrogens is 1. The summed E-state index contributed by atoms with van der Waals surface area (Å²) >= 11 is 0. The van der Waals surface area contributed by atoms with E-state index in [2.05, 4.69) is 4.98 Å². The van der Waals surface area contributed by atoms with Crippen LogP contribution in [0.2, 0.25) is 0 Å². The van der Waals surface area contributed by atoms with E-state index in [1.54, 1.807) is 19.2 Å². The van der Waals surface area contributed by atoms with Gasteiger partial charge < -0.3 is 14.1 Å². The number of furan rings is 1. The Morgan fingerprint density at radius 2 is 1.77 bits per heavy atom. The zero-order chi connectivity index (χ0) is 22.0. The number of carbonyl (C=O) groups excluding carboxylic acids is 2. The van der Waals surface area contributed by atoms with Gasteiger partial charge in [0, 0.05) is 22.7 Å². The van der Waals surface area contributed by atoms with Gasteiger partial charge in [-0.15, -0.1) is 0 Å². The van der Waals surface area contributed by atoms with Crippen molar-refractivity contribution < 1.29 is 18.7 Å². The molecule has 31 heavy (non-hydrogen) atoms. The van der Waals surface area contributed by atoms with Crippen LogP contribution in [0.15, 0.2) is 71.3 Å². The van der Waals surface area contributed by atoms with E-state index >= 15 is 0 Å². The number of Topliss-reactive ketones (excluding diaryl/α,β-unsaturated/α-hetero) is 1. The lowest BCUT2D eigenvalue weighted by Gasteiger charge is -2.26. The van der Waals surface area contributed by atoms with Crippen LogP contribution in [0.1, 0.15) is 43.8 Å². The molecule has 4 aromatic rings. The summed E-state index contributed by atoms with van der Waals surface area (Å²) in [5.74, 6) is 0.634. The fourth-order valence-corrected chi connectivity index (χ4v) is 3.94. The number of benzene rings is 2. The third kappa shape index (κ3) is 4.02. The van der Waals surface area contributed by atoms with Crippen LogP contribution in [-0.4, -0.2) is 35.8 Å². The minimum absolute atomic E-state index is 0.0115. The molecule has 2 aromatic heterocycles. The normalized spacial score (nSPS) is 12.3. The topological polar surface area (TPSA) is 75.5 Å². The number of para-hydroxylation sites is 1. The molecule has 1 N–H and O–H groups in total. The summed E-state index contributed by atoms with van der Waals surface area (Å²) in [5, 5.41) is 0.892. The first kappa shape index (κ1) is 20.6. The van der Waals surface area contributed by atoms with Gasteiger partial charge in [-0.3, -0.25) is 9.69 Å². The molecule has 0 saturated heterocycles. The molecule has 0 aliphatic carbocycles. The Morgan fingerprint density at radius 3 is 2.52 bits per heavy atom. The first-order valence-electron chi connectivity index (χ1n) is 10.0. The molecule has 1 unspecified atom stereocenters. The average Bonchev–Trinajstić information content (AvgIpc) is 3.37. The van der Waals surface area contributed by atoms with Gasteiger partial charge in [0.1, 0.15) is 17.1 Å². The van der Waals surface area contributed by atoms with Crippen molar-refractivity contribution in [3.63, 3.8) is 0 Å². The molecule has 158 valence electrons. The van der Waals surface area contributed by atoms with Crippen molar-refractivity contribution in [2.75, 3.05) is 14.2 Å². The van der Waals surface area contributed by atoms with Gasteiger partial charge in [-0.25, -0.2) is 4.79 Å². The Bertz CT molecular complexity index is 1220. The number of nitrogens with zero attached hydrogens (tertiary/aromatic N) is 1. The smallest absolute Gasteiger partial charge is 0.341 e. The number of aryl methyl sites for hydroxylation is 1. The number of fused-ring (bicyclic) bond motifs is 1. The van der Waals surface area contributed by atoms with Crippen LogP contribution < -0.4 is 0 Å². The summed E-state index contributed by atoms with van der Waals surface area (Å²) in [6, 6.07) is 18.6. The molecule has 0 spiro atoms. The second-order valence-corrected chi connectivity index (χ2v) is 7.51. The molecular weight excluding hydrogens is 392 g/mol. The summed E-state index contributed by atoms with van der Waals surface area (Å²) in [7, 11) is 3.21. The Hall–Kier alpha value is -3.64. The maximum absolute atomic E-state index is 13.7. The monoisotopic (exact) mass is 416 g/mol. The van der Waals surface area contributed by atoms with Crippen LogP contribution >= 0.6 is 0 Å². The summed E-state index contributed by atoms with van der Waals surface area (Å²) in [6.07, 6.45) is 1.77. The summed E-state index contributed by atoms with van der Waals surface area (Å²) < 4.78 is 10.6. The lowest BCUT2D eigenvalue weighted by Crippen LogP contribution is -2.30. The largest absolute Gasteiger partial charge is 0.465 e. The predicted octanol–water partition coefficient (Wildman–Crippen LogP) is 4.91. The van der Waals surface area contributed by atoms with Gasteiger partial charge in [-0.1, -0.05) is 48.5 Å². The zero-order valence-corrected chi connectivity index (χ0v) is 17.7. The molecule has 6 heteroatoms. The number of esters is 1. The quantitative estimate of drug-likeness (QED) is 0.342. The number of aromatic amines is 1. The Balaban J connectivity index is 1.69. The molecule has 0 radical (unpaired) electrons. The van der Waals surface area contributed by atoms with E-state index in [0.717, 1.165) is 16.5 Å². The predicted molar refractivity (Wildman–Crippen MR) is 118 cm³/mol. The standard InChI is InChI=1S/C25H24N2O4/c1-16-20(25(29)30-3)13-18(31-16)15-27(2)23(17-9-5-4-6-10-17)24(28)21-14-26-22-12-8-7-11-19(21)22/h4-14,23,26H,15H2,1-3H3. The van der Waals surface area contributed by atoms with Gasteiger partial charge in [-0.05, 0) is 31.7 Å². The molecule has 0 amide bonds. The number of ketones is 1. The van der Waals surface area contributed by atoms with E-state index in [0.29, 0.717) is 29.2 Å². The molecule has 0 aliphatic rings. The van der Waals surface area contributed by atoms with Crippen LogP contribution in [-0.2, 0) is 11.3 Å². The van der Waals surface area contributed by atoms with E-state index in [1.807, 2.05) is 66.5 Å². The highest BCUT2D eigenvalue weighted by Crippen LogP contribution is 2.30. The van der Waals surface area contributed by atoms with Gasteiger partial charge in [0.15, 0.2) is 5.78 Å². The number of hydrogen-bond donors (Lipinski definition) is 1. The first-order valence-corrected chi connectivity index (χ1v) is 10.0. The third-order valence-electron chi connectivity index (χ3n) is 5.44. The third-order valence-corrected chi connectivity index (χ3v) is 5.44. The van der Waals surface area contributed by atoms with Crippen molar-refractivity contribution in [2.45, 2.75) is 19.5 Å². The minimum atomic E-state index is -0.521. The van der Waals surface area contributed by atoms with Crippen molar-refractivity contribution >= 4 is 22.7 Å². The molecule has 2 heterocycles. The molecule has 4 rings (SSSR count). The van der Waals surface area contributed by atoms with E-state index in [9.17, 15) is 9.59 Å². The summed E-state index contributed by atoms with van der Waals surface area (Å²) in [6.45, 7) is 2.08. The van der Waals surface area contributed by atoms with Crippen molar-refractivity contribution in [1.82, 2.24) is 9.88 Å². The highest BCUT2D eigenvalue weighted by Gasteiger charge is 2.29. The molecule has 2 aromatic carbocycles. The van der Waals surface area contributed by atoms with E-state index in [4.69, 9.17) is 9.15 Å². The Morgan fingerprint density at radius 1 is 1.06 bits per heavy atom. The second kappa shape index (κ2) is 8.62. The van der Waals surface area contributed by atoms with Gasteiger partial charge in [-0.2, -0.15) is 0 Å². The van der Waals surface area contributed by atoms with E-state index in [1.165, 1.54) is 7.11 Å². The zero-order valence-electron chi connectivity index (χ0n) is 17.7. The number of aromatic nitrogens is 1. The highest BCUT2D eigenvalue weighted by atomic mass is 16.5. The summed E-state index contributed by atoms with van der Waals surface area (Å²) in [5.41, 5.74) is 2.84. The number of hydrogen-bond acceptors (Lipinski definition) is 5. The fourth-order valence-electron chi connectivity index (χ4n) is 3.94. The minimum Gasteiger partial charge on any atom is -0.465 e. The van der Waals surface area contributed by atoms with Crippen molar-refractivity contribution in [3.8, 4) is 0 Å². The van der Waals surface area contributed by atoms with Crippen LogP contribution in [0.4, 0.5) is 0 Å². The molecule has 0 saturated carbocycles. The van der Waals surface area contributed by atoms with Gasteiger partial charge in [0.2, 0.25) is 0 Å². The van der Waals surface area contributed by atoms with Gasteiger partial charge >= 0.3 is 5.97 Å². The average molecular weight is 416 g/mol. The van der Waals surface area contributed by atoms with E-state index < -0.39 is 12.0 Å². The molecule has 0 bridgehead atoms. The molecule has 1 atom stereocenters. The maximum Gasteiger partial charge on any atom is 0.341 e. The number of rotatable bonds is 7. The number of ether oxygens (including phenoxy) is 1.